The van der Waals surface area contributed by atoms with Crippen LogP contribution in [0.2, 0.25) is 10.0 Å². The molecule has 0 saturated heterocycles. The number of amides is 1. The molecule has 4 aromatic rings. The van der Waals surface area contributed by atoms with E-state index in [1.165, 1.54) is 35.8 Å². The Bertz CT molecular complexity index is 1420. The minimum Gasteiger partial charge on any atom is -0.486 e. The minimum absolute atomic E-state index is 0.0477. The summed E-state index contributed by atoms with van der Waals surface area (Å²) >= 11 is 13.7. The highest BCUT2D eigenvalue weighted by Crippen LogP contribution is 2.34. The van der Waals surface area contributed by atoms with E-state index in [1.807, 2.05) is 0 Å². The Balaban J connectivity index is 1.42. The number of carbonyl (C=O) groups is 1. The molecule has 0 unspecified atom stereocenters. The summed E-state index contributed by atoms with van der Waals surface area (Å²) in [5.74, 6) is -0.666. The summed E-state index contributed by atoms with van der Waals surface area (Å²) in [4.78, 5) is 23.2. The molecule has 11 heteroatoms. The van der Waals surface area contributed by atoms with Gasteiger partial charge < -0.3 is 4.74 Å². The highest BCUT2D eigenvalue weighted by atomic mass is 35.5. The maximum atomic E-state index is 13.8. The molecule has 0 fully saturated rings. The number of thiophene rings is 1. The van der Waals surface area contributed by atoms with Crippen LogP contribution in [0.4, 0.5) is 10.1 Å². The van der Waals surface area contributed by atoms with Crippen LogP contribution in [0.5, 0.6) is 5.75 Å². The topological polar surface area (TPSA) is 93.8 Å². The summed E-state index contributed by atoms with van der Waals surface area (Å²) in [6.45, 7) is -0.0477. The van der Waals surface area contributed by atoms with Crippen molar-refractivity contribution in [3.63, 3.8) is 0 Å². The van der Waals surface area contributed by atoms with E-state index < -0.39 is 16.6 Å². The molecule has 0 radical (unpaired) electrons. The normalized spacial score (nSPS) is 11.1. The average Bonchev–Trinajstić information content (AvgIpc) is 3.23. The second-order valence-electron chi connectivity index (χ2n) is 6.98. The van der Waals surface area contributed by atoms with E-state index in [4.69, 9.17) is 27.9 Å². The molecule has 1 amide bonds. The number of nitrogens with one attached hydrogen (secondary N) is 1. The van der Waals surface area contributed by atoms with Gasteiger partial charge in [-0.25, -0.2) is 9.82 Å². The monoisotopic (exact) mass is 517 g/mol. The number of benzene rings is 3. The number of rotatable bonds is 7. The predicted octanol–water partition coefficient (Wildman–Crippen LogP) is 6.60. The van der Waals surface area contributed by atoms with Crippen molar-refractivity contribution in [2.75, 3.05) is 0 Å². The van der Waals surface area contributed by atoms with E-state index in [0.29, 0.717) is 21.4 Å². The second kappa shape index (κ2) is 10.2. The lowest BCUT2D eigenvalue weighted by atomic mass is 10.2. The molecule has 1 aromatic heterocycles. The van der Waals surface area contributed by atoms with Crippen molar-refractivity contribution in [3.8, 4) is 5.75 Å². The van der Waals surface area contributed by atoms with Crippen molar-refractivity contribution in [2.45, 2.75) is 6.61 Å². The SMILES string of the molecule is O=C(N/N=C\c1cc(Cl)c(OCc2ccccc2F)c(Cl)c1)c1cc2cc([N+](=O)[O-])ccc2s1. The molecule has 7 nitrogen and oxygen atoms in total. The molecule has 3 aromatic carbocycles. The third kappa shape index (κ3) is 5.33. The van der Waals surface area contributed by atoms with Crippen LogP contribution in [0.3, 0.4) is 0 Å². The van der Waals surface area contributed by atoms with Crippen molar-refractivity contribution in [2.24, 2.45) is 5.10 Å². The fourth-order valence-corrected chi connectivity index (χ4v) is 4.58. The molecule has 1 N–H and O–H groups in total. The zero-order valence-corrected chi connectivity index (χ0v) is 19.5. The molecule has 4 rings (SSSR count). The van der Waals surface area contributed by atoms with Crippen LogP contribution < -0.4 is 10.2 Å². The summed E-state index contributed by atoms with van der Waals surface area (Å²) in [7, 11) is 0. The van der Waals surface area contributed by atoms with Crippen molar-refractivity contribution in [1.82, 2.24) is 5.43 Å². The number of non-ortho nitro benzene ring substituents is 1. The predicted molar refractivity (Wildman–Crippen MR) is 131 cm³/mol. The molecule has 0 atom stereocenters. The fourth-order valence-electron chi connectivity index (χ4n) is 3.03. The van der Waals surface area contributed by atoms with Gasteiger partial charge in [0.05, 0.1) is 26.1 Å². The zero-order valence-electron chi connectivity index (χ0n) is 17.1. The second-order valence-corrected chi connectivity index (χ2v) is 8.88. The number of nitrogens with zero attached hydrogens (tertiary/aromatic N) is 2. The molecule has 0 spiro atoms. The van der Waals surface area contributed by atoms with Gasteiger partial charge in [0.25, 0.3) is 11.6 Å². The van der Waals surface area contributed by atoms with Crippen LogP contribution in [-0.2, 0) is 6.61 Å². The van der Waals surface area contributed by atoms with Crippen molar-refractivity contribution < 1.29 is 18.8 Å². The van der Waals surface area contributed by atoms with E-state index in [2.05, 4.69) is 10.5 Å². The first-order valence-corrected chi connectivity index (χ1v) is 11.3. The van der Waals surface area contributed by atoms with E-state index >= 15 is 0 Å². The number of fused-ring (bicyclic) bond motifs is 1. The Labute approximate surface area is 206 Å². The quantitative estimate of drug-likeness (QED) is 0.170. The third-order valence-electron chi connectivity index (χ3n) is 4.66. The van der Waals surface area contributed by atoms with Gasteiger partial charge in [0.1, 0.15) is 12.4 Å². The summed E-state index contributed by atoms with van der Waals surface area (Å²) < 4.78 is 20.1. The number of carbonyl (C=O) groups excluding carboxylic acids is 1. The Morgan fingerprint density at radius 2 is 1.88 bits per heavy atom. The molecular weight excluding hydrogens is 504 g/mol. The third-order valence-corrected chi connectivity index (χ3v) is 6.34. The van der Waals surface area contributed by atoms with Gasteiger partial charge in [-0.1, -0.05) is 41.4 Å². The number of hydrazone groups is 1. The van der Waals surface area contributed by atoms with E-state index in [1.54, 1.807) is 42.5 Å². The maximum absolute atomic E-state index is 13.8. The molecule has 0 saturated carbocycles. The molecule has 1 heterocycles. The lowest BCUT2D eigenvalue weighted by molar-refractivity contribution is -0.384. The average molecular weight is 518 g/mol. The molecular formula is C23H14Cl2FN3O4S. The first kappa shape index (κ1) is 23.6. The maximum Gasteiger partial charge on any atom is 0.281 e. The lowest BCUT2D eigenvalue weighted by Crippen LogP contribution is -2.16. The molecule has 172 valence electrons. The number of ether oxygens (including phenoxy) is 1. The van der Waals surface area contributed by atoms with Gasteiger partial charge in [0.2, 0.25) is 0 Å². The first-order valence-electron chi connectivity index (χ1n) is 9.68. The minimum atomic E-state index is -0.492. The van der Waals surface area contributed by atoms with Gasteiger partial charge in [-0.15, -0.1) is 11.3 Å². The van der Waals surface area contributed by atoms with Crippen molar-refractivity contribution in [1.29, 1.82) is 0 Å². The summed E-state index contributed by atoms with van der Waals surface area (Å²) in [6, 6.07) is 15.2. The lowest BCUT2D eigenvalue weighted by Gasteiger charge is -2.11. The fraction of sp³-hybridized carbons (Fsp3) is 0.0435. The number of halogens is 3. The molecule has 0 aliphatic carbocycles. The van der Waals surface area contributed by atoms with Gasteiger partial charge in [0.15, 0.2) is 5.75 Å². The van der Waals surface area contributed by atoms with Crippen molar-refractivity contribution >= 4 is 62.4 Å². The number of hydrogen-bond acceptors (Lipinski definition) is 6. The van der Waals surface area contributed by atoms with Crippen LogP contribution in [0.1, 0.15) is 20.8 Å². The molecule has 0 aliphatic heterocycles. The van der Waals surface area contributed by atoms with Crippen LogP contribution in [-0.4, -0.2) is 17.0 Å². The van der Waals surface area contributed by atoms with Gasteiger partial charge in [0, 0.05) is 27.8 Å². The Morgan fingerprint density at radius 3 is 2.59 bits per heavy atom. The van der Waals surface area contributed by atoms with E-state index in [0.717, 1.165) is 4.70 Å². The Morgan fingerprint density at radius 1 is 1.15 bits per heavy atom. The van der Waals surface area contributed by atoms with Crippen LogP contribution in [0.25, 0.3) is 10.1 Å². The van der Waals surface area contributed by atoms with Gasteiger partial charge in [-0.3, -0.25) is 14.9 Å². The standard InChI is InChI=1S/C23H14Cl2FN3O4S/c24-17-7-13(8-18(25)22(17)33-12-14-3-1-2-4-19(14)26)11-27-28-23(30)21-10-15-9-16(29(31)32)5-6-20(15)34-21/h1-11H,12H2,(H,28,30)/b27-11-. The van der Waals surface area contributed by atoms with Gasteiger partial charge in [-0.2, -0.15) is 5.10 Å². The Kier molecular flexibility index (Phi) is 7.06. The highest BCUT2D eigenvalue weighted by molar-refractivity contribution is 7.20. The highest BCUT2D eigenvalue weighted by Gasteiger charge is 2.14. The number of hydrogen-bond donors (Lipinski definition) is 1. The Hall–Kier alpha value is -3.53. The molecule has 0 aliphatic rings. The van der Waals surface area contributed by atoms with E-state index in [9.17, 15) is 19.3 Å². The summed E-state index contributed by atoms with van der Waals surface area (Å²) in [5, 5.41) is 15.8. The van der Waals surface area contributed by atoms with Crippen LogP contribution in [0.15, 0.2) is 65.8 Å². The summed E-state index contributed by atoms with van der Waals surface area (Å²) in [6.07, 6.45) is 1.36. The number of nitro benzene ring substituents is 1. The zero-order chi connectivity index (χ0) is 24.2. The van der Waals surface area contributed by atoms with E-state index in [-0.39, 0.29) is 28.1 Å². The van der Waals surface area contributed by atoms with Gasteiger partial charge >= 0.3 is 0 Å². The molecule has 34 heavy (non-hydrogen) atoms. The van der Waals surface area contributed by atoms with Crippen LogP contribution in [0, 0.1) is 15.9 Å². The van der Waals surface area contributed by atoms with Crippen molar-refractivity contribution in [3.05, 3.63) is 103 Å². The number of nitro groups is 1. The van der Waals surface area contributed by atoms with Gasteiger partial charge in [-0.05, 0) is 35.9 Å². The largest absolute Gasteiger partial charge is 0.486 e. The molecule has 0 bridgehead atoms. The first-order chi connectivity index (χ1) is 16.3. The smallest absolute Gasteiger partial charge is 0.281 e. The summed E-state index contributed by atoms with van der Waals surface area (Å²) in [5.41, 5.74) is 3.21. The van der Waals surface area contributed by atoms with Crippen LogP contribution >= 0.6 is 34.5 Å².